The Kier molecular flexibility index (Phi) is 5.28. The standard InChI is InChI=1S/C10H7Cl2N3O4/c11-8(9(12)10(16)17)5-13-14-6-1-3-7(4-2-6)15(18)19/h1-5,14H,(H,16,17)/b9-8-,13-5+. The van der Waals surface area contributed by atoms with Gasteiger partial charge in [0.25, 0.3) is 5.69 Å². The summed E-state index contributed by atoms with van der Waals surface area (Å²) < 4.78 is 0. The fourth-order valence-corrected chi connectivity index (χ4v) is 1.16. The number of carbonyl (C=O) groups is 1. The maximum atomic E-state index is 10.5. The molecule has 2 N–H and O–H groups in total. The van der Waals surface area contributed by atoms with Crippen molar-refractivity contribution in [2.24, 2.45) is 5.10 Å². The third kappa shape index (κ3) is 4.57. The molecule has 0 spiro atoms. The van der Waals surface area contributed by atoms with Crippen molar-refractivity contribution in [3.63, 3.8) is 0 Å². The molecule has 0 saturated carbocycles. The van der Waals surface area contributed by atoms with E-state index in [1.165, 1.54) is 24.3 Å². The second kappa shape index (κ2) is 6.72. The van der Waals surface area contributed by atoms with Crippen molar-refractivity contribution in [3.05, 3.63) is 44.4 Å². The van der Waals surface area contributed by atoms with Crippen molar-refractivity contribution in [2.75, 3.05) is 5.43 Å². The molecule has 1 aromatic rings. The number of hydrogen-bond donors (Lipinski definition) is 2. The van der Waals surface area contributed by atoms with Crippen molar-refractivity contribution in [1.29, 1.82) is 0 Å². The molecule has 0 aliphatic heterocycles. The lowest BCUT2D eigenvalue weighted by molar-refractivity contribution is -0.384. The van der Waals surface area contributed by atoms with Gasteiger partial charge in [-0.3, -0.25) is 15.5 Å². The van der Waals surface area contributed by atoms with Crippen LogP contribution in [0.25, 0.3) is 0 Å². The molecule has 19 heavy (non-hydrogen) atoms. The third-order valence-corrected chi connectivity index (χ3v) is 2.60. The number of aliphatic carboxylic acids is 1. The minimum Gasteiger partial charge on any atom is -0.477 e. The van der Waals surface area contributed by atoms with Crippen LogP contribution >= 0.6 is 23.2 Å². The van der Waals surface area contributed by atoms with Crippen LogP contribution in [0.3, 0.4) is 0 Å². The zero-order chi connectivity index (χ0) is 14.4. The van der Waals surface area contributed by atoms with Crippen LogP contribution < -0.4 is 5.43 Å². The van der Waals surface area contributed by atoms with Gasteiger partial charge in [0, 0.05) is 12.1 Å². The fraction of sp³-hybridized carbons (Fsp3) is 0. The van der Waals surface area contributed by atoms with Crippen LogP contribution in [0, 0.1) is 10.1 Å². The second-order valence-electron chi connectivity index (χ2n) is 3.14. The van der Waals surface area contributed by atoms with E-state index in [0.717, 1.165) is 6.21 Å². The molecule has 0 aliphatic rings. The Bertz CT molecular complexity index is 554. The second-order valence-corrected chi connectivity index (χ2v) is 3.93. The van der Waals surface area contributed by atoms with Crippen molar-refractivity contribution in [3.8, 4) is 0 Å². The summed E-state index contributed by atoms with van der Waals surface area (Å²) in [5.41, 5.74) is 2.93. The summed E-state index contributed by atoms with van der Waals surface area (Å²) in [5.74, 6) is -1.37. The molecule has 100 valence electrons. The zero-order valence-corrected chi connectivity index (χ0v) is 10.7. The van der Waals surface area contributed by atoms with Gasteiger partial charge in [-0.05, 0) is 12.1 Å². The van der Waals surface area contributed by atoms with Crippen LogP contribution in [0.5, 0.6) is 0 Å². The van der Waals surface area contributed by atoms with Crippen LogP contribution in [-0.4, -0.2) is 22.2 Å². The van der Waals surface area contributed by atoms with E-state index in [4.69, 9.17) is 28.3 Å². The Labute approximate surface area is 117 Å². The van der Waals surface area contributed by atoms with Crippen LogP contribution in [0.1, 0.15) is 0 Å². The Morgan fingerprint density at radius 3 is 2.42 bits per heavy atom. The lowest BCUT2D eigenvalue weighted by Gasteiger charge is -1.99. The first-order chi connectivity index (χ1) is 8.91. The molecular weight excluding hydrogens is 297 g/mol. The molecule has 0 radical (unpaired) electrons. The number of nitro benzene ring substituents is 1. The highest BCUT2D eigenvalue weighted by molar-refractivity contribution is 6.51. The SMILES string of the molecule is O=C(O)/C(Cl)=C(Cl)\C=N\Nc1ccc([N+](=O)[O-])cc1. The largest absolute Gasteiger partial charge is 0.477 e. The number of non-ortho nitro benzene ring substituents is 1. The minimum atomic E-state index is -1.37. The molecule has 0 atom stereocenters. The van der Waals surface area contributed by atoms with Gasteiger partial charge < -0.3 is 5.11 Å². The van der Waals surface area contributed by atoms with Crippen molar-refractivity contribution in [2.45, 2.75) is 0 Å². The summed E-state index contributed by atoms with van der Waals surface area (Å²) in [7, 11) is 0. The molecule has 7 nitrogen and oxygen atoms in total. The fourth-order valence-electron chi connectivity index (χ4n) is 0.980. The summed E-state index contributed by atoms with van der Waals surface area (Å²) in [5, 5.41) is 21.8. The number of nitrogens with zero attached hydrogens (tertiary/aromatic N) is 2. The molecule has 0 aromatic heterocycles. The summed E-state index contributed by atoms with van der Waals surface area (Å²) in [6, 6.07) is 5.46. The van der Waals surface area contributed by atoms with Gasteiger partial charge in [0.2, 0.25) is 0 Å². The minimum absolute atomic E-state index is 0.0543. The van der Waals surface area contributed by atoms with E-state index in [1.54, 1.807) is 0 Å². The number of nitrogens with one attached hydrogen (secondary N) is 1. The van der Waals surface area contributed by atoms with E-state index < -0.39 is 15.9 Å². The Morgan fingerprint density at radius 2 is 1.95 bits per heavy atom. The van der Waals surface area contributed by atoms with E-state index in [2.05, 4.69) is 10.5 Å². The van der Waals surface area contributed by atoms with Gasteiger partial charge >= 0.3 is 5.97 Å². The summed E-state index contributed by atoms with van der Waals surface area (Å²) >= 11 is 10.9. The van der Waals surface area contributed by atoms with Gasteiger partial charge in [0.05, 0.1) is 21.9 Å². The number of hydrogen-bond acceptors (Lipinski definition) is 5. The molecule has 9 heteroatoms. The predicted octanol–water partition coefficient (Wildman–Crippen LogP) is 2.77. The number of benzene rings is 1. The lowest BCUT2D eigenvalue weighted by atomic mass is 10.3. The normalized spacial score (nSPS) is 12.1. The van der Waals surface area contributed by atoms with Gasteiger partial charge in [-0.15, -0.1) is 0 Å². The number of carboxylic acid groups (broad SMARTS) is 1. The van der Waals surface area contributed by atoms with E-state index in [-0.39, 0.29) is 10.7 Å². The molecule has 1 aromatic carbocycles. The Morgan fingerprint density at radius 1 is 1.37 bits per heavy atom. The van der Waals surface area contributed by atoms with E-state index in [1.807, 2.05) is 0 Å². The molecule has 0 amide bonds. The quantitative estimate of drug-likeness (QED) is 0.376. The number of anilines is 1. The van der Waals surface area contributed by atoms with Gasteiger partial charge in [-0.25, -0.2) is 4.79 Å². The highest BCUT2D eigenvalue weighted by atomic mass is 35.5. The van der Waals surface area contributed by atoms with E-state index in [9.17, 15) is 14.9 Å². The maximum Gasteiger partial charge on any atom is 0.348 e. The molecule has 0 heterocycles. The molecule has 0 saturated heterocycles. The maximum absolute atomic E-state index is 10.5. The molecular formula is C10H7Cl2N3O4. The summed E-state index contributed by atoms with van der Waals surface area (Å²) in [4.78, 5) is 20.3. The predicted molar refractivity (Wildman–Crippen MR) is 71.6 cm³/mol. The number of rotatable bonds is 5. The topological polar surface area (TPSA) is 105 Å². The molecule has 0 fully saturated rings. The molecule has 0 unspecified atom stereocenters. The van der Waals surface area contributed by atoms with Gasteiger partial charge in [-0.2, -0.15) is 5.10 Å². The van der Waals surface area contributed by atoms with E-state index >= 15 is 0 Å². The Hall–Kier alpha value is -2.12. The van der Waals surface area contributed by atoms with Crippen molar-refractivity contribution >= 4 is 46.8 Å². The van der Waals surface area contributed by atoms with E-state index in [0.29, 0.717) is 5.69 Å². The average Bonchev–Trinajstić information content (AvgIpc) is 2.38. The first kappa shape index (κ1) is 14.9. The molecule has 0 bridgehead atoms. The Balaban J connectivity index is 2.69. The van der Waals surface area contributed by atoms with Gasteiger partial charge in [0.15, 0.2) is 0 Å². The van der Waals surface area contributed by atoms with Gasteiger partial charge in [-0.1, -0.05) is 23.2 Å². The monoisotopic (exact) mass is 303 g/mol. The lowest BCUT2D eigenvalue weighted by Crippen LogP contribution is -1.98. The summed E-state index contributed by atoms with van der Waals surface area (Å²) in [6.07, 6.45) is 1.01. The number of allylic oxidation sites excluding steroid dienone is 1. The van der Waals surface area contributed by atoms with Crippen molar-refractivity contribution in [1.82, 2.24) is 0 Å². The third-order valence-electron chi connectivity index (χ3n) is 1.85. The molecule has 0 aliphatic carbocycles. The van der Waals surface area contributed by atoms with Crippen LogP contribution in [-0.2, 0) is 4.79 Å². The number of carboxylic acids is 1. The number of halogens is 2. The zero-order valence-electron chi connectivity index (χ0n) is 9.21. The highest BCUT2D eigenvalue weighted by Crippen LogP contribution is 2.16. The van der Waals surface area contributed by atoms with Crippen LogP contribution in [0.4, 0.5) is 11.4 Å². The molecule has 1 rings (SSSR count). The first-order valence-corrected chi connectivity index (χ1v) is 5.49. The van der Waals surface area contributed by atoms with Crippen molar-refractivity contribution < 1.29 is 14.8 Å². The summed E-state index contributed by atoms with van der Waals surface area (Å²) in [6.45, 7) is 0. The number of nitro groups is 1. The first-order valence-electron chi connectivity index (χ1n) is 4.74. The highest BCUT2D eigenvalue weighted by Gasteiger charge is 2.07. The smallest absolute Gasteiger partial charge is 0.348 e. The average molecular weight is 304 g/mol. The van der Waals surface area contributed by atoms with Gasteiger partial charge in [0.1, 0.15) is 5.03 Å². The number of hydrazone groups is 1. The van der Waals surface area contributed by atoms with Crippen LogP contribution in [0.2, 0.25) is 0 Å². The van der Waals surface area contributed by atoms with Crippen LogP contribution in [0.15, 0.2) is 39.4 Å².